The minimum atomic E-state index is -0.488. The van der Waals surface area contributed by atoms with Gasteiger partial charge in [-0.1, -0.05) is 0 Å². The third-order valence-corrected chi connectivity index (χ3v) is 2.22. The minimum absolute atomic E-state index is 0.0266. The number of carbonyl (C=O) groups is 2. The van der Waals surface area contributed by atoms with E-state index in [0.29, 0.717) is 13.0 Å². The highest BCUT2D eigenvalue weighted by Crippen LogP contribution is 2.09. The summed E-state index contributed by atoms with van der Waals surface area (Å²) in [6.45, 7) is 5.95. The Morgan fingerprint density at radius 1 is 1.50 bits per heavy atom. The van der Waals surface area contributed by atoms with Gasteiger partial charge in [-0.25, -0.2) is 4.79 Å². The van der Waals surface area contributed by atoms with Gasteiger partial charge in [0.2, 0.25) is 5.91 Å². The van der Waals surface area contributed by atoms with Crippen LogP contribution in [0.15, 0.2) is 0 Å². The van der Waals surface area contributed by atoms with Crippen LogP contribution in [0.2, 0.25) is 0 Å². The van der Waals surface area contributed by atoms with E-state index in [1.807, 2.05) is 20.8 Å². The lowest BCUT2D eigenvalue weighted by Gasteiger charge is -2.22. The smallest absolute Gasteiger partial charge is 0.407 e. The SMILES string of the molecule is CC(C)(C)OC(=O)NC1CCCC(=O)NC1. The predicted octanol–water partition coefficient (Wildman–Crippen LogP) is 1.18. The fraction of sp³-hybridized carbons (Fsp3) is 0.818. The van der Waals surface area contributed by atoms with Gasteiger partial charge in [-0.3, -0.25) is 4.79 Å². The van der Waals surface area contributed by atoms with E-state index < -0.39 is 11.7 Å². The molecule has 1 atom stereocenters. The molecule has 0 aromatic rings. The zero-order chi connectivity index (χ0) is 12.2. The molecular formula is C11H20N2O3. The lowest BCUT2D eigenvalue weighted by molar-refractivity contribution is -0.120. The lowest BCUT2D eigenvalue weighted by atomic mass is 10.1. The van der Waals surface area contributed by atoms with Crippen LogP contribution in [0.3, 0.4) is 0 Å². The number of nitrogens with one attached hydrogen (secondary N) is 2. The Balaban J connectivity index is 2.36. The van der Waals surface area contributed by atoms with E-state index in [0.717, 1.165) is 12.8 Å². The zero-order valence-corrected chi connectivity index (χ0v) is 10.1. The molecule has 0 spiro atoms. The molecule has 92 valence electrons. The fourth-order valence-electron chi connectivity index (χ4n) is 1.53. The van der Waals surface area contributed by atoms with Gasteiger partial charge in [-0.2, -0.15) is 0 Å². The fourth-order valence-corrected chi connectivity index (χ4v) is 1.53. The van der Waals surface area contributed by atoms with Crippen LogP contribution in [0.5, 0.6) is 0 Å². The summed E-state index contributed by atoms with van der Waals surface area (Å²) in [6.07, 6.45) is 1.71. The average molecular weight is 228 g/mol. The first-order valence-electron chi connectivity index (χ1n) is 5.63. The normalized spacial score (nSPS) is 21.9. The van der Waals surface area contributed by atoms with Gasteiger partial charge in [0, 0.05) is 19.0 Å². The molecule has 1 unspecified atom stereocenters. The highest BCUT2D eigenvalue weighted by molar-refractivity contribution is 5.76. The third kappa shape index (κ3) is 5.00. The van der Waals surface area contributed by atoms with Crippen molar-refractivity contribution in [1.29, 1.82) is 0 Å². The van der Waals surface area contributed by atoms with Gasteiger partial charge in [0.1, 0.15) is 5.60 Å². The van der Waals surface area contributed by atoms with E-state index in [4.69, 9.17) is 4.74 Å². The van der Waals surface area contributed by atoms with Crippen molar-refractivity contribution in [3.63, 3.8) is 0 Å². The Kier molecular flexibility index (Phi) is 4.15. The average Bonchev–Trinajstić information content (AvgIpc) is 2.27. The van der Waals surface area contributed by atoms with Crippen LogP contribution in [-0.4, -0.2) is 30.2 Å². The first-order valence-corrected chi connectivity index (χ1v) is 5.63. The summed E-state index contributed by atoms with van der Waals surface area (Å²) in [5.41, 5.74) is -0.488. The highest BCUT2D eigenvalue weighted by Gasteiger charge is 2.21. The molecule has 2 N–H and O–H groups in total. The number of rotatable bonds is 1. The maximum absolute atomic E-state index is 11.5. The highest BCUT2D eigenvalue weighted by atomic mass is 16.6. The van der Waals surface area contributed by atoms with Crippen molar-refractivity contribution in [2.24, 2.45) is 0 Å². The summed E-state index contributed by atoms with van der Waals surface area (Å²) < 4.78 is 5.15. The molecule has 5 nitrogen and oxygen atoms in total. The van der Waals surface area contributed by atoms with Crippen LogP contribution in [0.4, 0.5) is 4.79 Å². The van der Waals surface area contributed by atoms with Gasteiger partial charge >= 0.3 is 6.09 Å². The molecule has 0 saturated carbocycles. The van der Waals surface area contributed by atoms with Crippen molar-refractivity contribution >= 4 is 12.0 Å². The molecule has 1 fully saturated rings. The number of hydrogen-bond acceptors (Lipinski definition) is 3. The number of hydrogen-bond donors (Lipinski definition) is 2. The van der Waals surface area contributed by atoms with Gasteiger partial charge in [-0.15, -0.1) is 0 Å². The molecule has 0 aliphatic carbocycles. The van der Waals surface area contributed by atoms with Crippen LogP contribution in [0.25, 0.3) is 0 Å². The third-order valence-electron chi connectivity index (χ3n) is 2.22. The Morgan fingerprint density at radius 2 is 2.19 bits per heavy atom. The zero-order valence-electron chi connectivity index (χ0n) is 10.1. The predicted molar refractivity (Wildman–Crippen MR) is 60.0 cm³/mol. The van der Waals surface area contributed by atoms with Gasteiger partial charge in [0.15, 0.2) is 0 Å². The summed E-state index contributed by atoms with van der Waals surface area (Å²) in [7, 11) is 0. The summed E-state index contributed by atoms with van der Waals surface area (Å²) in [5.74, 6) is 0.0495. The minimum Gasteiger partial charge on any atom is -0.444 e. The summed E-state index contributed by atoms with van der Waals surface area (Å²) in [4.78, 5) is 22.6. The molecule has 1 aliphatic heterocycles. The molecule has 0 radical (unpaired) electrons. The maximum atomic E-state index is 11.5. The van der Waals surface area contributed by atoms with Gasteiger partial charge in [0.05, 0.1) is 0 Å². The molecule has 1 saturated heterocycles. The van der Waals surface area contributed by atoms with Gasteiger partial charge in [-0.05, 0) is 33.6 Å². The van der Waals surface area contributed by atoms with Crippen molar-refractivity contribution < 1.29 is 14.3 Å². The van der Waals surface area contributed by atoms with Crippen LogP contribution < -0.4 is 10.6 Å². The monoisotopic (exact) mass is 228 g/mol. The van der Waals surface area contributed by atoms with Crippen LogP contribution in [0.1, 0.15) is 40.0 Å². The first-order chi connectivity index (χ1) is 7.37. The van der Waals surface area contributed by atoms with E-state index in [9.17, 15) is 9.59 Å². The summed E-state index contributed by atoms with van der Waals surface area (Å²) in [5, 5.41) is 5.51. The van der Waals surface area contributed by atoms with Crippen molar-refractivity contribution in [2.45, 2.75) is 51.7 Å². The molecule has 5 heteroatoms. The topological polar surface area (TPSA) is 67.4 Å². The van der Waals surface area contributed by atoms with E-state index in [1.165, 1.54) is 0 Å². The quantitative estimate of drug-likeness (QED) is 0.708. The first kappa shape index (κ1) is 12.8. The van der Waals surface area contributed by atoms with Gasteiger partial charge in [0.25, 0.3) is 0 Å². The molecule has 0 aromatic heterocycles. The van der Waals surface area contributed by atoms with Crippen molar-refractivity contribution in [3.8, 4) is 0 Å². The Labute approximate surface area is 95.9 Å². The number of carbonyl (C=O) groups excluding carboxylic acids is 2. The van der Waals surface area contributed by atoms with Crippen molar-refractivity contribution in [3.05, 3.63) is 0 Å². The molecule has 0 aromatic carbocycles. The van der Waals surface area contributed by atoms with E-state index >= 15 is 0 Å². The Morgan fingerprint density at radius 3 is 2.81 bits per heavy atom. The molecular weight excluding hydrogens is 208 g/mol. The van der Waals surface area contributed by atoms with E-state index in [1.54, 1.807) is 0 Å². The van der Waals surface area contributed by atoms with E-state index in [-0.39, 0.29) is 11.9 Å². The number of amides is 2. The van der Waals surface area contributed by atoms with Crippen LogP contribution in [0, 0.1) is 0 Å². The van der Waals surface area contributed by atoms with Crippen molar-refractivity contribution in [1.82, 2.24) is 10.6 Å². The standard InChI is InChI=1S/C11H20N2O3/c1-11(2,3)16-10(15)13-8-5-4-6-9(14)12-7-8/h8H,4-7H2,1-3H3,(H,12,14)(H,13,15). The molecule has 1 aliphatic rings. The largest absolute Gasteiger partial charge is 0.444 e. The van der Waals surface area contributed by atoms with Crippen molar-refractivity contribution in [2.75, 3.05) is 6.54 Å². The summed E-state index contributed by atoms with van der Waals surface area (Å²) >= 11 is 0. The molecule has 1 rings (SSSR count). The summed E-state index contributed by atoms with van der Waals surface area (Å²) in [6, 6.07) is -0.0266. The Hall–Kier alpha value is -1.26. The number of alkyl carbamates (subject to hydrolysis) is 1. The number of ether oxygens (including phenoxy) is 1. The lowest BCUT2D eigenvalue weighted by Crippen LogP contribution is -2.44. The van der Waals surface area contributed by atoms with Gasteiger partial charge < -0.3 is 15.4 Å². The molecule has 0 bridgehead atoms. The molecule has 16 heavy (non-hydrogen) atoms. The van der Waals surface area contributed by atoms with Crippen LogP contribution >= 0.6 is 0 Å². The Bertz CT molecular complexity index is 271. The molecule has 1 heterocycles. The second-order valence-corrected chi connectivity index (χ2v) is 5.04. The van der Waals surface area contributed by atoms with E-state index in [2.05, 4.69) is 10.6 Å². The second-order valence-electron chi connectivity index (χ2n) is 5.04. The van der Waals surface area contributed by atoms with Crippen LogP contribution in [-0.2, 0) is 9.53 Å². The second kappa shape index (κ2) is 5.18. The molecule has 2 amide bonds. The maximum Gasteiger partial charge on any atom is 0.407 e.